The van der Waals surface area contributed by atoms with Crippen LogP contribution in [0.2, 0.25) is 0 Å². The van der Waals surface area contributed by atoms with E-state index in [4.69, 9.17) is 4.74 Å². The van der Waals surface area contributed by atoms with Crippen LogP contribution in [0.1, 0.15) is 22.0 Å². The molecule has 0 saturated carbocycles. The van der Waals surface area contributed by atoms with Gasteiger partial charge in [-0.3, -0.25) is 9.69 Å². The number of likely N-dealkylation sites (N-methyl/N-ethyl adjacent to an activating group) is 1. The molecular weight excluding hydrogens is 374 g/mol. The van der Waals surface area contributed by atoms with Crippen molar-refractivity contribution in [2.75, 3.05) is 46.9 Å². The maximum atomic E-state index is 12.9. The summed E-state index contributed by atoms with van der Waals surface area (Å²) >= 11 is 0. The lowest BCUT2D eigenvalue weighted by Crippen LogP contribution is -2.48. The first kappa shape index (κ1) is 20.4. The fourth-order valence-electron chi connectivity index (χ4n) is 4.04. The van der Waals surface area contributed by atoms with Gasteiger partial charge in [0.2, 0.25) is 0 Å². The lowest BCUT2D eigenvalue weighted by molar-refractivity contribution is 0.0886. The van der Waals surface area contributed by atoms with Gasteiger partial charge in [-0.25, -0.2) is 0 Å². The van der Waals surface area contributed by atoms with Gasteiger partial charge in [-0.2, -0.15) is 0 Å². The average Bonchev–Trinajstić information content (AvgIpc) is 2.80. The van der Waals surface area contributed by atoms with E-state index in [0.29, 0.717) is 12.1 Å². The molecule has 1 aliphatic heterocycles. The van der Waals surface area contributed by atoms with Crippen LogP contribution in [0.3, 0.4) is 0 Å². The van der Waals surface area contributed by atoms with Gasteiger partial charge in [-0.15, -0.1) is 0 Å². The summed E-state index contributed by atoms with van der Waals surface area (Å²) < 4.78 is 5.31. The van der Waals surface area contributed by atoms with Crippen LogP contribution in [0.15, 0.2) is 66.7 Å². The van der Waals surface area contributed by atoms with Crippen molar-refractivity contribution < 1.29 is 9.53 Å². The van der Waals surface area contributed by atoms with Gasteiger partial charge in [0.1, 0.15) is 5.75 Å². The van der Waals surface area contributed by atoms with Crippen molar-refractivity contribution in [3.63, 3.8) is 0 Å². The number of ether oxygens (including phenoxy) is 1. The molecular formula is C25H29N3O2. The zero-order chi connectivity index (χ0) is 20.9. The summed E-state index contributed by atoms with van der Waals surface area (Å²) in [6, 6.07) is 22.3. The third-order valence-electron chi connectivity index (χ3n) is 5.95. The summed E-state index contributed by atoms with van der Waals surface area (Å²) in [4.78, 5) is 17.7. The number of piperazine rings is 1. The number of rotatable bonds is 6. The molecule has 156 valence electrons. The van der Waals surface area contributed by atoms with Gasteiger partial charge < -0.3 is 15.0 Å². The number of benzene rings is 3. The number of hydrogen-bond acceptors (Lipinski definition) is 4. The van der Waals surface area contributed by atoms with E-state index < -0.39 is 0 Å². The van der Waals surface area contributed by atoms with Gasteiger partial charge >= 0.3 is 0 Å². The molecule has 1 unspecified atom stereocenters. The maximum Gasteiger partial charge on any atom is 0.251 e. The monoisotopic (exact) mass is 403 g/mol. The van der Waals surface area contributed by atoms with Crippen molar-refractivity contribution in [1.29, 1.82) is 0 Å². The van der Waals surface area contributed by atoms with Crippen molar-refractivity contribution in [3.05, 3.63) is 77.9 Å². The molecule has 0 spiro atoms. The minimum atomic E-state index is -0.0339. The fraction of sp³-hybridized carbons (Fsp3) is 0.320. The van der Waals surface area contributed by atoms with E-state index in [9.17, 15) is 4.79 Å². The highest BCUT2D eigenvalue weighted by Gasteiger charge is 2.24. The SMILES string of the molecule is COc1ccc(C(CNC(=O)c2ccc3ccccc3c2)N2CCN(C)CC2)cc1. The summed E-state index contributed by atoms with van der Waals surface area (Å²) in [5.74, 6) is 0.810. The van der Waals surface area contributed by atoms with E-state index >= 15 is 0 Å². The molecule has 0 aromatic heterocycles. The number of carbonyl (C=O) groups is 1. The van der Waals surface area contributed by atoms with E-state index in [1.165, 1.54) is 5.56 Å². The van der Waals surface area contributed by atoms with Gasteiger partial charge in [0.15, 0.2) is 0 Å². The molecule has 4 rings (SSSR count). The lowest BCUT2D eigenvalue weighted by Gasteiger charge is -2.38. The third-order valence-corrected chi connectivity index (χ3v) is 5.95. The second-order valence-electron chi connectivity index (χ2n) is 7.90. The number of nitrogens with zero attached hydrogens (tertiary/aromatic N) is 2. The zero-order valence-electron chi connectivity index (χ0n) is 17.7. The normalized spacial score (nSPS) is 16.3. The topological polar surface area (TPSA) is 44.8 Å². The molecule has 0 radical (unpaired) electrons. The van der Waals surface area contributed by atoms with E-state index in [1.807, 2.05) is 48.5 Å². The van der Waals surface area contributed by atoms with Crippen LogP contribution in [-0.4, -0.2) is 62.6 Å². The Balaban J connectivity index is 1.50. The van der Waals surface area contributed by atoms with Gasteiger partial charge in [-0.1, -0.05) is 42.5 Å². The average molecular weight is 404 g/mol. The number of fused-ring (bicyclic) bond motifs is 1. The highest BCUT2D eigenvalue weighted by Crippen LogP contribution is 2.24. The molecule has 1 amide bonds. The van der Waals surface area contributed by atoms with Crippen LogP contribution in [0.5, 0.6) is 5.75 Å². The van der Waals surface area contributed by atoms with E-state index in [-0.39, 0.29) is 11.9 Å². The molecule has 1 N–H and O–H groups in total. The minimum absolute atomic E-state index is 0.0339. The van der Waals surface area contributed by atoms with Crippen molar-refractivity contribution in [2.45, 2.75) is 6.04 Å². The van der Waals surface area contributed by atoms with E-state index in [2.05, 4.69) is 40.4 Å². The highest BCUT2D eigenvalue weighted by molar-refractivity contribution is 5.98. The molecule has 1 aliphatic rings. The molecule has 0 aliphatic carbocycles. The van der Waals surface area contributed by atoms with Crippen molar-refractivity contribution in [3.8, 4) is 5.75 Å². The molecule has 1 heterocycles. The first-order valence-corrected chi connectivity index (χ1v) is 10.5. The number of amides is 1. The van der Waals surface area contributed by atoms with Crippen LogP contribution >= 0.6 is 0 Å². The second kappa shape index (κ2) is 9.28. The molecule has 1 atom stereocenters. The molecule has 3 aromatic carbocycles. The van der Waals surface area contributed by atoms with E-state index in [1.54, 1.807) is 7.11 Å². The number of methoxy groups -OCH3 is 1. The van der Waals surface area contributed by atoms with Gasteiger partial charge in [0.05, 0.1) is 13.2 Å². The second-order valence-corrected chi connectivity index (χ2v) is 7.90. The molecule has 5 nitrogen and oxygen atoms in total. The Bertz CT molecular complexity index is 995. The van der Waals surface area contributed by atoms with E-state index in [0.717, 1.165) is 42.7 Å². The molecule has 3 aromatic rings. The Kier molecular flexibility index (Phi) is 6.31. The summed E-state index contributed by atoms with van der Waals surface area (Å²) in [5, 5.41) is 5.39. The Hall–Kier alpha value is -2.89. The Morgan fingerprint density at radius 3 is 2.37 bits per heavy atom. The molecule has 1 saturated heterocycles. The van der Waals surface area contributed by atoms with Crippen molar-refractivity contribution in [2.24, 2.45) is 0 Å². The zero-order valence-corrected chi connectivity index (χ0v) is 17.7. The van der Waals surface area contributed by atoms with Gasteiger partial charge in [0, 0.05) is 38.3 Å². The van der Waals surface area contributed by atoms with Crippen molar-refractivity contribution in [1.82, 2.24) is 15.1 Å². The Morgan fingerprint density at radius 1 is 0.967 bits per heavy atom. The fourth-order valence-corrected chi connectivity index (χ4v) is 4.04. The van der Waals surface area contributed by atoms with Crippen molar-refractivity contribution >= 4 is 16.7 Å². The standard InChI is InChI=1S/C25H29N3O2/c1-27-13-15-28(16-14-27)24(20-9-11-23(30-2)12-10-20)18-26-25(29)22-8-7-19-5-3-4-6-21(19)17-22/h3-12,17,24H,13-16,18H2,1-2H3,(H,26,29). The predicted molar refractivity (Wildman–Crippen MR) is 121 cm³/mol. The Morgan fingerprint density at radius 2 is 1.67 bits per heavy atom. The van der Waals surface area contributed by atoms with Crippen LogP contribution in [-0.2, 0) is 0 Å². The number of nitrogens with one attached hydrogen (secondary N) is 1. The van der Waals surface area contributed by atoms with Crippen LogP contribution in [0.4, 0.5) is 0 Å². The number of hydrogen-bond donors (Lipinski definition) is 1. The Labute approximate surface area is 178 Å². The van der Waals surface area contributed by atoms with Crippen LogP contribution < -0.4 is 10.1 Å². The summed E-state index contributed by atoms with van der Waals surface area (Å²) in [5.41, 5.74) is 1.89. The molecule has 0 bridgehead atoms. The highest BCUT2D eigenvalue weighted by atomic mass is 16.5. The molecule has 30 heavy (non-hydrogen) atoms. The summed E-state index contributed by atoms with van der Waals surface area (Å²) in [6.45, 7) is 4.61. The third kappa shape index (κ3) is 4.64. The lowest BCUT2D eigenvalue weighted by atomic mass is 10.0. The van der Waals surface area contributed by atoms with Crippen LogP contribution in [0.25, 0.3) is 10.8 Å². The molecule has 1 fully saturated rings. The molecule has 5 heteroatoms. The smallest absolute Gasteiger partial charge is 0.251 e. The number of carbonyl (C=O) groups excluding carboxylic acids is 1. The van der Waals surface area contributed by atoms with Gasteiger partial charge in [-0.05, 0) is 47.6 Å². The van der Waals surface area contributed by atoms with Crippen LogP contribution in [0, 0.1) is 0 Å². The maximum absolute atomic E-state index is 12.9. The first-order valence-electron chi connectivity index (χ1n) is 10.5. The first-order chi connectivity index (χ1) is 14.6. The van der Waals surface area contributed by atoms with Gasteiger partial charge in [0.25, 0.3) is 5.91 Å². The largest absolute Gasteiger partial charge is 0.497 e. The predicted octanol–water partition coefficient (Wildman–Crippen LogP) is 3.57. The summed E-state index contributed by atoms with van der Waals surface area (Å²) in [7, 11) is 3.83. The summed E-state index contributed by atoms with van der Waals surface area (Å²) in [6.07, 6.45) is 0. The minimum Gasteiger partial charge on any atom is -0.497 e. The quantitative estimate of drug-likeness (QED) is 0.684.